The van der Waals surface area contributed by atoms with Crippen LogP contribution in [0.4, 0.5) is 21.7 Å². The second-order valence-electron chi connectivity index (χ2n) is 4.85. The summed E-state index contributed by atoms with van der Waals surface area (Å²) in [6, 6.07) is 4.39. The summed E-state index contributed by atoms with van der Waals surface area (Å²) in [5.41, 5.74) is 7.28. The highest BCUT2D eigenvalue weighted by Gasteiger charge is 2.12. The van der Waals surface area contributed by atoms with E-state index < -0.39 is 5.82 Å². The molecule has 0 bridgehead atoms. The van der Waals surface area contributed by atoms with Crippen molar-refractivity contribution in [3.63, 3.8) is 0 Å². The molecule has 2 rings (SSSR count). The number of halogens is 2. The standard InChI is InChI=1S/C14H16ClFN4/c1-7(2)13-19-12(17)8(3)14(20-13)18-9-4-5-11(16)10(15)6-9/h4-7H,1-3H3,(H3,17,18,19,20). The lowest BCUT2D eigenvalue weighted by Crippen LogP contribution is -2.08. The molecule has 106 valence electrons. The third kappa shape index (κ3) is 2.99. The predicted molar refractivity (Wildman–Crippen MR) is 80.0 cm³/mol. The molecule has 0 amide bonds. The summed E-state index contributed by atoms with van der Waals surface area (Å²) in [6.07, 6.45) is 0. The first kappa shape index (κ1) is 14.5. The molecule has 0 radical (unpaired) electrons. The van der Waals surface area contributed by atoms with Crippen molar-refractivity contribution >= 4 is 28.9 Å². The lowest BCUT2D eigenvalue weighted by atomic mass is 10.2. The number of rotatable bonds is 3. The topological polar surface area (TPSA) is 63.8 Å². The highest BCUT2D eigenvalue weighted by Crippen LogP contribution is 2.26. The Morgan fingerprint density at radius 3 is 2.60 bits per heavy atom. The Kier molecular flexibility index (Phi) is 4.09. The molecular formula is C14H16ClFN4. The van der Waals surface area contributed by atoms with Crippen molar-refractivity contribution in [2.24, 2.45) is 0 Å². The molecule has 3 N–H and O–H groups in total. The van der Waals surface area contributed by atoms with E-state index >= 15 is 0 Å². The summed E-state index contributed by atoms with van der Waals surface area (Å²) in [6.45, 7) is 5.80. The fraction of sp³-hybridized carbons (Fsp3) is 0.286. The first-order chi connectivity index (χ1) is 9.38. The van der Waals surface area contributed by atoms with E-state index in [2.05, 4.69) is 15.3 Å². The van der Waals surface area contributed by atoms with Gasteiger partial charge in [-0.1, -0.05) is 25.4 Å². The van der Waals surface area contributed by atoms with Gasteiger partial charge in [-0.05, 0) is 25.1 Å². The third-order valence-corrected chi connectivity index (χ3v) is 3.19. The monoisotopic (exact) mass is 294 g/mol. The molecule has 2 aromatic rings. The summed E-state index contributed by atoms with van der Waals surface area (Å²) < 4.78 is 13.1. The molecule has 0 atom stereocenters. The van der Waals surface area contributed by atoms with Gasteiger partial charge in [-0.3, -0.25) is 0 Å². The van der Waals surface area contributed by atoms with E-state index in [1.807, 2.05) is 20.8 Å². The molecule has 0 aliphatic heterocycles. The van der Waals surface area contributed by atoms with Crippen LogP contribution in [0.3, 0.4) is 0 Å². The lowest BCUT2D eigenvalue weighted by molar-refractivity contribution is 0.628. The molecule has 0 aliphatic carbocycles. The Balaban J connectivity index is 2.39. The van der Waals surface area contributed by atoms with Gasteiger partial charge in [0, 0.05) is 17.2 Å². The number of anilines is 3. The van der Waals surface area contributed by atoms with Gasteiger partial charge in [0.2, 0.25) is 0 Å². The number of aromatic nitrogens is 2. The van der Waals surface area contributed by atoms with Gasteiger partial charge >= 0.3 is 0 Å². The quantitative estimate of drug-likeness (QED) is 0.897. The number of nitrogen functional groups attached to an aromatic ring is 1. The van der Waals surface area contributed by atoms with Crippen LogP contribution in [0.2, 0.25) is 5.02 Å². The van der Waals surface area contributed by atoms with Crippen LogP contribution in [0.1, 0.15) is 31.2 Å². The zero-order valence-corrected chi connectivity index (χ0v) is 12.3. The van der Waals surface area contributed by atoms with E-state index in [-0.39, 0.29) is 10.9 Å². The van der Waals surface area contributed by atoms with Crippen molar-refractivity contribution in [1.29, 1.82) is 0 Å². The minimum atomic E-state index is -0.459. The molecule has 0 unspecified atom stereocenters. The van der Waals surface area contributed by atoms with Gasteiger partial charge in [0.1, 0.15) is 23.3 Å². The van der Waals surface area contributed by atoms with Crippen LogP contribution in [-0.2, 0) is 0 Å². The number of hydrogen-bond donors (Lipinski definition) is 2. The number of nitrogens with zero attached hydrogens (tertiary/aromatic N) is 2. The van der Waals surface area contributed by atoms with Crippen molar-refractivity contribution in [3.05, 3.63) is 40.4 Å². The van der Waals surface area contributed by atoms with Crippen molar-refractivity contribution in [1.82, 2.24) is 9.97 Å². The van der Waals surface area contributed by atoms with Crippen LogP contribution < -0.4 is 11.1 Å². The van der Waals surface area contributed by atoms with Gasteiger partial charge in [-0.25, -0.2) is 14.4 Å². The van der Waals surface area contributed by atoms with E-state index in [0.717, 1.165) is 5.56 Å². The van der Waals surface area contributed by atoms with Crippen molar-refractivity contribution in [3.8, 4) is 0 Å². The first-order valence-electron chi connectivity index (χ1n) is 6.24. The van der Waals surface area contributed by atoms with Gasteiger partial charge in [0.15, 0.2) is 0 Å². The zero-order chi connectivity index (χ0) is 14.9. The minimum absolute atomic E-state index is 0.0544. The summed E-state index contributed by atoms with van der Waals surface area (Å²) in [7, 11) is 0. The Morgan fingerprint density at radius 1 is 1.30 bits per heavy atom. The van der Waals surface area contributed by atoms with Gasteiger partial charge in [0.05, 0.1) is 5.02 Å². The lowest BCUT2D eigenvalue weighted by Gasteiger charge is -2.13. The maximum Gasteiger partial charge on any atom is 0.141 e. The molecular weight excluding hydrogens is 279 g/mol. The van der Waals surface area contributed by atoms with E-state index in [1.165, 1.54) is 12.1 Å². The molecule has 4 nitrogen and oxygen atoms in total. The van der Waals surface area contributed by atoms with E-state index in [1.54, 1.807) is 6.07 Å². The van der Waals surface area contributed by atoms with Crippen LogP contribution in [0.25, 0.3) is 0 Å². The summed E-state index contributed by atoms with van der Waals surface area (Å²) in [5.74, 6) is 1.39. The maximum atomic E-state index is 13.1. The van der Waals surface area contributed by atoms with Gasteiger partial charge < -0.3 is 11.1 Å². The molecule has 1 aromatic carbocycles. The summed E-state index contributed by atoms with van der Waals surface area (Å²) >= 11 is 5.76. The molecule has 0 spiro atoms. The van der Waals surface area contributed by atoms with Crippen LogP contribution in [0, 0.1) is 12.7 Å². The molecule has 0 fully saturated rings. The van der Waals surface area contributed by atoms with E-state index in [9.17, 15) is 4.39 Å². The van der Waals surface area contributed by atoms with Crippen molar-refractivity contribution in [2.45, 2.75) is 26.7 Å². The van der Waals surface area contributed by atoms with Gasteiger partial charge in [0.25, 0.3) is 0 Å². The van der Waals surface area contributed by atoms with Gasteiger partial charge in [-0.2, -0.15) is 0 Å². The second kappa shape index (κ2) is 5.63. The summed E-state index contributed by atoms with van der Waals surface area (Å²) in [4.78, 5) is 8.69. The number of hydrogen-bond acceptors (Lipinski definition) is 4. The summed E-state index contributed by atoms with van der Waals surface area (Å²) in [5, 5.41) is 3.15. The predicted octanol–water partition coefficient (Wildman–Crippen LogP) is 4.03. The third-order valence-electron chi connectivity index (χ3n) is 2.90. The molecule has 0 saturated carbocycles. The number of benzene rings is 1. The smallest absolute Gasteiger partial charge is 0.141 e. The van der Waals surface area contributed by atoms with Crippen LogP contribution >= 0.6 is 11.6 Å². The van der Waals surface area contributed by atoms with Gasteiger partial charge in [-0.15, -0.1) is 0 Å². The maximum absolute atomic E-state index is 13.1. The molecule has 20 heavy (non-hydrogen) atoms. The largest absolute Gasteiger partial charge is 0.383 e. The van der Waals surface area contributed by atoms with Crippen LogP contribution in [0.15, 0.2) is 18.2 Å². The second-order valence-corrected chi connectivity index (χ2v) is 5.26. The Morgan fingerprint density at radius 2 is 2.00 bits per heavy atom. The Bertz CT molecular complexity index is 643. The van der Waals surface area contributed by atoms with Crippen LogP contribution in [-0.4, -0.2) is 9.97 Å². The molecule has 0 aliphatic rings. The Hall–Kier alpha value is -1.88. The Labute approximate surface area is 122 Å². The average Bonchev–Trinajstić information content (AvgIpc) is 2.38. The first-order valence-corrected chi connectivity index (χ1v) is 6.62. The molecule has 0 saturated heterocycles. The molecule has 6 heteroatoms. The fourth-order valence-electron chi connectivity index (χ4n) is 1.64. The highest BCUT2D eigenvalue weighted by molar-refractivity contribution is 6.31. The molecule has 1 aromatic heterocycles. The van der Waals surface area contributed by atoms with Crippen LogP contribution in [0.5, 0.6) is 0 Å². The normalized spacial score (nSPS) is 10.9. The minimum Gasteiger partial charge on any atom is -0.383 e. The van der Waals surface area contributed by atoms with Crippen molar-refractivity contribution in [2.75, 3.05) is 11.1 Å². The SMILES string of the molecule is Cc1c(N)nc(C(C)C)nc1Nc1ccc(F)c(Cl)c1. The van der Waals surface area contributed by atoms with E-state index in [0.29, 0.717) is 23.1 Å². The zero-order valence-electron chi connectivity index (χ0n) is 11.5. The van der Waals surface area contributed by atoms with E-state index in [4.69, 9.17) is 17.3 Å². The number of nitrogens with two attached hydrogens (primary N) is 1. The molecule has 1 heterocycles. The average molecular weight is 295 g/mol. The fourth-order valence-corrected chi connectivity index (χ4v) is 1.82. The highest BCUT2D eigenvalue weighted by atomic mass is 35.5. The number of nitrogens with one attached hydrogen (secondary N) is 1. The van der Waals surface area contributed by atoms with Crippen molar-refractivity contribution < 1.29 is 4.39 Å².